The minimum Gasteiger partial charge on any atom is -0.139 e. The van der Waals surface area contributed by atoms with Gasteiger partial charge in [-0.2, -0.15) is 0 Å². The van der Waals surface area contributed by atoms with Gasteiger partial charge >= 0.3 is 0 Å². The topological polar surface area (TPSA) is 0 Å². The number of thiophene rings is 4. The largest absolute Gasteiger partial charge is 0.139 e. The Kier molecular flexibility index (Phi) is 4.12. The fourth-order valence-electron chi connectivity index (χ4n) is 3.61. The van der Waals surface area contributed by atoms with E-state index >= 15 is 0 Å². The van der Waals surface area contributed by atoms with E-state index in [1.54, 1.807) is 4.88 Å². The van der Waals surface area contributed by atoms with Gasteiger partial charge in [0.2, 0.25) is 0 Å². The Balaban J connectivity index is 1.58. The highest BCUT2D eigenvalue weighted by atomic mass is 32.1. The van der Waals surface area contributed by atoms with Crippen LogP contribution in [-0.4, -0.2) is 0 Å². The normalized spacial score (nSPS) is 12.4. The summed E-state index contributed by atoms with van der Waals surface area (Å²) in [5.41, 5.74) is 0. The Morgan fingerprint density at radius 2 is 1.36 bits per heavy atom. The SMILES string of the molecule is CCCCCCc1cc2sc3cc4c(cc3c2s1)sc1cc(C)sc14. The van der Waals surface area contributed by atoms with E-state index < -0.39 is 0 Å². The monoisotopic (exact) mass is 400 g/mol. The molecule has 0 aliphatic carbocycles. The van der Waals surface area contributed by atoms with E-state index in [0.29, 0.717) is 0 Å². The predicted molar refractivity (Wildman–Crippen MR) is 121 cm³/mol. The summed E-state index contributed by atoms with van der Waals surface area (Å²) in [6, 6.07) is 9.69. The highest BCUT2D eigenvalue weighted by molar-refractivity contribution is 7.34. The van der Waals surface area contributed by atoms with Gasteiger partial charge in [0.15, 0.2) is 0 Å². The molecule has 4 heterocycles. The second-order valence-corrected chi connectivity index (χ2v) is 11.4. The van der Waals surface area contributed by atoms with E-state index in [9.17, 15) is 0 Å². The summed E-state index contributed by atoms with van der Waals surface area (Å²) in [6.45, 7) is 4.50. The third-order valence-corrected chi connectivity index (χ3v) is 9.63. The Bertz CT molecular complexity index is 1190. The average molecular weight is 401 g/mol. The summed E-state index contributed by atoms with van der Waals surface area (Å²) in [7, 11) is 0. The van der Waals surface area contributed by atoms with Crippen molar-refractivity contribution < 1.29 is 0 Å². The van der Waals surface area contributed by atoms with Crippen LogP contribution in [0.5, 0.6) is 0 Å². The summed E-state index contributed by atoms with van der Waals surface area (Å²) in [5.74, 6) is 0. The summed E-state index contributed by atoms with van der Waals surface area (Å²) in [5, 5.41) is 2.93. The van der Waals surface area contributed by atoms with E-state index in [-0.39, 0.29) is 0 Å². The van der Waals surface area contributed by atoms with E-state index in [4.69, 9.17) is 0 Å². The van der Waals surface area contributed by atoms with Gasteiger partial charge < -0.3 is 0 Å². The second-order valence-electron chi connectivity index (χ2n) is 6.82. The van der Waals surface area contributed by atoms with Crippen molar-refractivity contribution in [3.8, 4) is 0 Å². The van der Waals surface area contributed by atoms with Crippen LogP contribution in [0.1, 0.15) is 42.4 Å². The van der Waals surface area contributed by atoms with Gasteiger partial charge in [-0.3, -0.25) is 0 Å². The molecular formula is C21H20S4. The molecule has 0 atom stereocenters. The van der Waals surface area contributed by atoms with Crippen molar-refractivity contribution in [3.05, 3.63) is 34.0 Å². The van der Waals surface area contributed by atoms with Gasteiger partial charge in [0.1, 0.15) is 0 Å². The molecular weight excluding hydrogens is 380 g/mol. The average Bonchev–Trinajstić information content (AvgIpc) is 3.29. The molecule has 4 heteroatoms. The van der Waals surface area contributed by atoms with Crippen molar-refractivity contribution in [1.29, 1.82) is 0 Å². The molecule has 0 nitrogen and oxygen atoms in total. The number of hydrogen-bond donors (Lipinski definition) is 0. The summed E-state index contributed by atoms with van der Waals surface area (Å²) >= 11 is 7.90. The molecule has 128 valence electrons. The maximum absolute atomic E-state index is 2.45. The van der Waals surface area contributed by atoms with Crippen LogP contribution in [0.4, 0.5) is 0 Å². The molecule has 4 aromatic heterocycles. The summed E-state index contributed by atoms with van der Waals surface area (Å²) in [6.07, 6.45) is 6.65. The molecule has 25 heavy (non-hydrogen) atoms. The molecule has 5 rings (SSSR count). The maximum atomic E-state index is 2.45. The Hall–Kier alpha value is -0.940. The molecule has 0 aliphatic rings. The summed E-state index contributed by atoms with van der Waals surface area (Å²) in [4.78, 5) is 2.99. The van der Waals surface area contributed by atoms with Gasteiger partial charge in [-0.25, -0.2) is 0 Å². The smallest absolute Gasteiger partial charge is 0.0532 e. The van der Waals surface area contributed by atoms with Gasteiger partial charge in [-0.15, -0.1) is 45.3 Å². The van der Waals surface area contributed by atoms with E-state index in [2.05, 4.69) is 38.1 Å². The third-order valence-electron chi connectivity index (χ3n) is 4.86. The molecule has 0 unspecified atom stereocenters. The van der Waals surface area contributed by atoms with Crippen LogP contribution in [0, 0.1) is 6.92 Å². The van der Waals surface area contributed by atoms with Crippen LogP contribution in [0.25, 0.3) is 39.0 Å². The van der Waals surface area contributed by atoms with E-state index in [1.807, 2.05) is 45.3 Å². The lowest BCUT2D eigenvalue weighted by atomic mass is 10.1. The third kappa shape index (κ3) is 2.74. The Morgan fingerprint density at radius 3 is 2.08 bits per heavy atom. The van der Waals surface area contributed by atoms with Crippen molar-refractivity contribution in [2.75, 3.05) is 0 Å². The zero-order chi connectivity index (χ0) is 17.0. The van der Waals surface area contributed by atoms with Gasteiger partial charge in [0.25, 0.3) is 0 Å². The number of aryl methyl sites for hydroxylation is 2. The zero-order valence-corrected chi connectivity index (χ0v) is 17.7. The van der Waals surface area contributed by atoms with Crippen molar-refractivity contribution in [2.24, 2.45) is 0 Å². The van der Waals surface area contributed by atoms with E-state index in [0.717, 1.165) is 0 Å². The molecule has 0 spiro atoms. The first-order valence-corrected chi connectivity index (χ1v) is 12.3. The first-order chi connectivity index (χ1) is 12.2. The molecule has 0 fully saturated rings. The molecule has 0 radical (unpaired) electrons. The van der Waals surface area contributed by atoms with E-state index in [1.165, 1.54) is 76.0 Å². The van der Waals surface area contributed by atoms with Crippen LogP contribution in [0.2, 0.25) is 0 Å². The van der Waals surface area contributed by atoms with Gasteiger partial charge in [-0.1, -0.05) is 26.2 Å². The first kappa shape index (κ1) is 16.2. The minimum absolute atomic E-state index is 1.25. The highest BCUT2D eigenvalue weighted by Crippen LogP contribution is 2.46. The van der Waals surface area contributed by atoms with Crippen molar-refractivity contribution in [3.63, 3.8) is 0 Å². The second kappa shape index (κ2) is 6.34. The number of benzene rings is 1. The molecule has 5 aromatic rings. The first-order valence-electron chi connectivity index (χ1n) is 9.00. The molecule has 0 bridgehead atoms. The van der Waals surface area contributed by atoms with Crippen LogP contribution >= 0.6 is 45.3 Å². The van der Waals surface area contributed by atoms with Crippen LogP contribution < -0.4 is 0 Å². The minimum atomic E-state index is 1.25. The van der Waals surface area contributed by atoms with Crippen LogP contribution in [0.15, 0.2) is 24.3 Å². The highest BCUT2D eigenvalue weighted by Gasteiger charge is 2.14. The number of fused-ring (bicyclic) bond motifs is 6. The molecule has 0 saturated carbocycles. The lowest BCUT2D eigenvalue weighted by Gasteiger charge is -1.97. The Morgan fingerprint density at radius 1 is 0.680 bits per heavy atom. The Labute approximate surface area is 163 Å². The standard InChI is InChI=1S/C21H20S4/c1-3-4-5-6-7-13-9-19-21(23-13)15-11-16-14(10-17(15)25-19)20-18(24-16)8-12(2)22-20/h8-11H,3-7H2,1-2H3. The molecule has 0 amide bonds. The molecule has 0 saturated heterocycles. The summed E-state index contributed by atoms with van der Waals surface area (Å²) < 4.78 is 8.84. The lowest BCUT2D eigenvalue weighted by Crippen LogP contribution is -1.80. The van der Waals surface area contributed by atoms with Gasteiger partial charge in [0, 0.05) is 39.3 Å². The molecule has 0 N–H and O–H groups in total. The number of hydrogen-bond acceptors (Lipinski definition) is 4. The lowest BCUT2D eigenvalue weighted by molar-refractivity contribution is 0.670. The quantitative estimate of drug-likeness (QED) is 0.258. The van der Waals surface area contributed by atoms with Gasteiger partial charge in [0.05, 0.1) is 9.40 Å². The maximum Gasteiger partial charge on any atom is 0.0532 e. The fourth-order valence-corrected chi connectivity index (χ4v) is 8.66. The number of rotatable bonds is 5. The number of unbranched alkanes of at least 4 members (excludes halogenated alkanes) is 3. The van der Waals surface area contributed by atoms with Crippen molar-refractivity contribution in [1.82, 2.24) is 0 Å². The predicted octanol–water partition coefficient (Wildman–Crippen LogP) is 8.98. The molecule has 0 aliphatic heterocycles. The van der Waals surface area contributed by atoms with Crippen LogP contribution in [-0.2, 0) is 6.42 Å². The fraction of sp³-hybridized carbons (Fsp3) is 0.333. The van der Waals surface area contributed by atoms with Gasteiger partial charge in [-0.05, 0) is 44.0 Å². The zero-order valence-electron chi connectivity index (χ0n) is 14.5. The molecule has 1 aromatic carbocycles. The van der Waals surface area contributed by atoms with Crippen molar-refractivity contribution >= 4 is 84.3 Å². The van der Waals surface area contributed by atoms with Crippen molar-refractivity contribution in [2.45, 2.75) is 46.0 Å². The van der Waals surface area contributed by atoms with Crippen LogP contribution in [0.3, 0.4) is 0 Å².